The van der Waals surface area contributed by atoms with Gasteiger partial charge in [-0.25, -0.2) is 0 Å². The average Bonchev–Trinajstić information content (AvgIpc) is 2.75. The maximum absolute atomic E-state index is 11.2. The molecule has 6 N–H and O–H groups in total. The molecule has 0 saturated carbocycles. The Bertz CT molecular complexity index is 513. The first-order valence-corrected chi connectivity index (χ1v) is 11.3. The summed E-state index contributed by atoms with van der Waals surface area (Å²) in [4.78, 5) is 20.8. The van der Waals surface area contributed by atoms with E-state index in [-0.39, 0.29) is 43.5 Å². The summed E-state index contributed by atoms with van der Waals surface area (Å²) in [5.41, 5.74) is 0. The van der Waals surface area contributed by atoms with Crippen molar-refractivity contribution in [1.29, 1.82) is 0 Å². The molecule has 0 spiro atoms. The molecular formula is C22H42CaN4O6. The molecule has 2 unspecified atom stereocenters. The van der Waals surface area contributed by atoms with E-state index in [2.05, 4.69) is 28.2 Å². The van der Waals surface area contributed by atoms with Crippen molar-refractivity contribution in [2.45, 2.75) is 78.3 Å². The van der Waals surface area contributed by atoms with Gasteiger partial charge in [-0.15, -0.1) is 5.76 Å². The fraction of sp³-hybridized carbons (Fsp3) is 0.727. The van der Waals surface area contributed by atoms with Crippen LogP contribution in [0, 0.1) is 0 Å². The second-order valence-corrected chi connectivity index (χ2v) is 7.37. The summed E-state index contributed by atoms with van der Waals surface area (Å²) in [6.07, 6.45) is 8.19. The van der Waals surface area contributed by atoms with Crippen molar-refractivity contribution in [2.24, 2.45) is 0 Å². The number of carbonyl (C=O) groups excluding carboxylic acids is 1. The van der Waals surface area contributed by atoms with Crippen LogP contribution in [0.3, 0.4) is 0 Å². The van der Waals surface area contributed by atoms with E-state index < -0.39 is 24.0 Å². The van der Waals surface area contributed by atoms with Crippen LogP contribution < -0.4 is 31.5 Å². The molecule has 0 aliphatic carbocycles. The third-order valence-corrected chi connectivity index (χ3v) is 4.26. The van der Waals surface area contributed by atoms with E-state index in [1.54, 1.807) is 13.1 Å². The van der Waals surface area contributed by atoms with E-state index in [1.807, 2.05) is 6.92 Å². The third-order valence-electron chi connectivity index (χ3n) is 4.26. The third kappa shape index (κ3) is 26.9. The quantitative estimate of drug-likeness (QED) is 0.0826. The number of hydrogen-bond donors (Lipinski definition) is 6. The molecule has 0 aliphatic heterocycles. The van der Waals surface area contributed by atoms with Gasteiger partial charge in [-0.05, 0) is 32.9 Å². The van der Waals surface area contributed by atoms with Crippen molar-refractivity contribution < 1.29 is 30.0 Å². The van der Waals surface area contributed by atoms with E-state index >= 15 is 0 Å². The van der Waals surface area contributed by atoms with Crippen LogP contribution in [0.2, 0.25) is 0 Å². The van der Waals surface area contributed by atoms with Gasteiger partial charge in [-0.2, -0.15) is 0 Å². The monoisotopic (exact) mass is 498 g/mol. The molecule has 0 aromatic carbocycles. The van der Waals surface area contributed by atoms with E-state index in [9.17, 15) is 24.9 Å². The molecule has 0 aromatic heterocycles. The second kappa shape index (κ2) is 25.4. The Balaban J connectivity index is -0.000000529. The van der Waals surface area contributed by atoms with Crippen LogP contribution in [0.25, 0.3) is 0 Å². The predicted molar refractivity (Wildman–Crippen MR) is 127 cm³/mol. The number of allylic oxidation sites excluding steroid dienone is 2. The molecule has 0 aliphatic rings. The smallest absolute Gasteiger partial charge is 0.874 e. The van der Waals surface area contributed by atoms with Gasteiger partial charge in [0, 0.05) is 44.8 Å². The molecule has 0 amide bonds. The Kier molecular flexibility index (Phi) is 28.0. The number of aliphatic hydroxyl groups excluding tert-OH is 1. The van der Waals surface area contributed by atoms with Gasteiger partial charge >= 0.3 is 43.7 Å². The van der Waals surface area contributed by atoms with Gasteiger partial charge in [0.2, 0.25) is 0 Å². The zero-order chi connectivity index (χ0) is 24.8. The summed E-state index contributed by atoms with van der Waals surface area (Å²) in [5, 5.41) is 50.8. The number of carbonyl (C=O) groups is 2. The van der Waals surface area contributed by atoms with Gasteiger partial charge < -0.3 is 46.5 Å². The molecule has 188 valence electrons. The maximum atomic E-state index is 11.2. The molecule has 0 heterocycles. The topological polar surface area (TPSA) is 169 Å². The number of carboxylic acid groups (broad SMARTS) is 2. The fourth-order valence-electron chi connectivity index (χ4n) is 2.12. The Morgan fingerprint density at radius 3 is 1.79 bits per heavy atom. The Morgan fingerprint density at radius 1 is 0.818 bits per heavy atom. The van der Waals surface area contributed by atoms with E-state index in [0.717, 1.165) is 25.7 Å². The van der Waals surface area contributed by atoms with Crippen LogP contribution in [-0.4, -0.2) is 98.2 Å². The van der Waals surface area contributed by atoms with Gasteiger partial charge in [0.25, 0.3) is 0 Å². The predicted octanol–water partition coefficient (Wildman–Crippen LogP) is -0.457. The molecule has 2 atom stereocenters. The molecule has 10 nitrogen and oxygen atoms in total. The minimum Gasteiger partial charge on any atom is -0.874 e. The van der Waals surface area contributed by atoms with Crippen molar-refractivity contribution >= 4 is 49.7 Å². The summed E-state index contributed by atoms with van der Waals surface area (Å²) >= 11 is 0. The van der Waals surface area contributed by atoms with Crippen LogP contribution >= 0.6 is 0 Å². The van der Waals surface area contributed by atoms with Gasteiger partial charge in [0.1, 0.15) is 11.8 Å². The zero-order valence-corrected chi connectivity index (χ0v) is 22.8. The molecular weight excluding hydrogens is 456 g/mol. The van der Waals surface area contributed by atoms with Gasteiger partial charge in [-0.1, -0.05) is 33.1 Å². The Morgan fingerprint density at radius 2 is 1.30 bits per heavy atom. The van der Waals surface area contributed by atoms with E-state index in [0.29, 0.717) is 44.8 Å². The first-order valence-electron chi connectivity index (χ1n) is 11.3. The molecule has 0 rings (SSSR count). The first-order chi connectivity index (χ1) is 15.1. The van der Waals surface area contributed by atoms with E-state index in [1.165, 1.54) is 13.1 Å². The van der Waals surface area contributed by atoms with Gasteiger partial charge in [-0.3, -0.25) is 4.79 Å². The largest absolute Gasteiger partial charge is 2.00 e. The molecule has 0 radical (unpaired) electrons. The number of nitrogens with one attached hydrogen (secondary N) is 4. The normalized spacial score (nSPS) is 13.1. The van der Waals surface area contributed by atoms with Crippen LogP contribution in [0.4, 0.5) is 0 Å². The molecule has 11 heteroatoms. The second-order valence-electron chi connectivity index (χ2n) is 7.37. The molecule has 0 aromatic rings. The summed E-state index contributed by atoms with van der Waals surface area (Å²) < 4.78 is 0. The van der Waals surface area contributed by atoms with Crippen LogP contribution in [0.15, 0.2) is 23.9 Å². The van der Waals surface area contributed by atoms with Crippen molar-refractivity contribution in [3.63, 3.8) is 0 Å². The molecule has 0 bridgehead atoms. The van der Waals surface area contributed by atoms with Crippen LogP contribution in [0.1, 0.15) is 66.2 Å². The molecule has 33 heavy (non-hydrogen) atoms. The number of aliphatic hydroxyl groups is 1. The summed E-state index contributed by atoms with van der Waals surface area (Å²) in [7, 11) is 0. The van der Waals surface area contributed by atoms with Crippen molar-refractivity contribution in [2.75, 3.05) is 26.2 Å². The SMILES string of the molecule is CCCC/C(O)=C/NCCNC(C)C(=O)O.CCCC/C([O-])=C/NCCNC(C)C(=O)[O-].[Ca+2]. The summed E-state index contributed by atoms with van der Waals surface area (Å²) in [6, 6.07) is -1.21. The van der Waals surface area contributed by atoms with E-state index in [4.69, 9.17) is 5.11 Å². The number of aliphatic carboxylic acids is 2. The number of rotatable bonds is 18. The standard InChI is InChI=1S/2C11H22N2O3.Ca/c2*1-3-4-5-10(14)8-12-6-7-13-9(2)11(15)16;/h2*8-9,12-14H,3-7H2,1-2H3,(H,15,16);/q;;+2/p-2/b2*10-8-;. The summed E-state index contributed by atoms with van der Waals surface area (Å²) in [5.74, 6) is -1.56. The molecule has 0 fully saturated rings. The fourth-order valence-corrected chi connectivity index (χ4v) is 2.12. The average molecular weight is 499 g/mol. The minimum absolute atomic E-state index is 0. The first kappa shape index (κ1) is 36.4. The maximum Gasteiger partial charge on any atom is 2.00 e. The van der Waals surface area contributed by atoms with Crippen molar-refractivity contribution in [1.82, 2.24) is 21.3 Å². The van der Waals surface area contributed by atoms with Crippen molar-refractivity contribution in [3.05, 3.63) is 23.9 Å². The summed E-state index contributed by atoms with van der Waals surface area (Å²) in [6.45, 7) is 9.35. The number of hydrogen-bond acceptors (Lipinski definition) is 9. The van der Waals surface area contributed by atoms with Crippen LogP contribution in [-0.2, 0) is 9.59 Å². The van der Waals surface area contributed by atoms with Crippen molar-refractivity contribution in [3.8, 4) is 0 Å². The zero-order valence-electron chi connectivity index (χ0n) is 20.6. The van der Waals surface area contributed by atoms with Gasteiger partial charge in [0.15, 0.2) is 0 Å². The Labute approximate surface area is 228 Å². The van der Waals surface area contributed by atoms with Crippen LogP contribution in [0.5, 0.6) is 0 Å². The molecule has 0 saturated heterocycles. The number of carboxylic acids is 2. The van der Waals surface area contributed by atoms with Gasteiger partial charge in [0.05, 0.1) is 5.97 Å². The minimum atomic E-state index is -1.12. The number of unbranched alkanes of at least 4 members (excludes halogenated alkanes) is 2. The Hall–Kier alpha value is -1.20.